The summed E-state index contributed by atoms with van der Waals surface area (Å²) >= 11 is 0. The third-order valence-corrected chi connectivity index (χ3v) is 4.90. The van der Waals surface area contributed by atoms with Crippen LogP contribution in [0.4, 0.5) is 5.82 Å². The second-order valence-corrected chi connectivity index (χ2v) is 6.65. The molecule has 0 amide bonds. The molecular formula is C11H15N3O4S. The SMILES string of the molecule is COC(=O)c1cnc(N(C)C2CCS(=O)(=O)C2)cn1. The maximum absolute atomic E-state index is 11.4. The highest BCUT2D eigenvalue weighted by Crippen LogP contribution is 2.20. The molecule has 0 bridgehead atoms. The van der Waals surface area contributed by atoms with Gasteiger partial charge in [0.15, 0.2) is 15.5 Å². The van der Waals surface area contributed by atoms with Gasteiger partial charge in [0.2, 0.25) is 0 Å². The maximum Gasteiger partial charge on any atom is 0.358 e. The lowest BCUT2D eigenvalue weighted by Gasteiger charge is -2.23. The monoisotopic (exact) mass is 285 g/mol. The van der Waals surface area contributed by atoms with E-state index in [1.165, 1.54) is 19.5 Å². The molecule has 104 valence electrons. The number of carbonyl (C=O) groups is 1. The summed E-state index contributed by atoms with van der Waals surface area (Å²) in [6.45, 7) is 0. The molecule has 2 heterocycles. The molecule has 7 nitrogen and oxygen atoms in total. The molecule has 1 aromatic heterocycles. The minimum atomic E-state index is -2.94. The highest BCUT2D eigenvalue weighted by atomic mass is 32.2. The summed E-state index contributed by atoms with van der Waals surface area (Å²) in [6.07, 6.45) is 3.34. The van der Waals surface area contributed by atoms with Crippen LogP contribution in [0.25, 0.3) is 0 Å². The van der Waals surface area contributed by atoms with Gasteiger partial charge >= 0.3 is 5.97 Å². The summed E-state index contributed by atoms with van der Waals surface area (Å²) in [6, 6.07) is -0.0942. The fraction of sp³-hybridized carbons (Fsp3) is 0.545. The molecule has 1 aliphatic heterocycles. The largest absolute Gasteiger partial charge is 0.464 e. The Bertz CT molecular complexity index is 570. The molecule has 1 fully saturated rings. The molecule has 0 aromatic carbocycles. The standard InChI is InChI=1S/C11H15N3O4S/c1-14(8-3-4-19(16,17)7-8)10-6-12-9(5-13-10)11(15)18-2/h5-6,8H,3-4,7H2,1-2H3. The molecule has 0 spiro atoms. The van der Waals surface area contributed by atoms with Crippen LogP contribution >= 0.6 is 0 Å². The molecule has 1 atom stereocenters. The van der Waals surface area contributed by atoms with Gasteiger partial charge in [-0.2, -0.15) is 0 Å². The normalized spacial score (nSPS) is 21.1. The number of aromatic nitrogens is 2. The van der Waals surface area contributed by atoms with Crippen molar-refractivity contribution in [3.05, 3.63) is 18.1 Å². The highest BCUT2D eigenvalue weighted by molar-refractivity contribution is 7.91. The van der Waals surface area contributed by atoms with Crippen molar-refractivity contribution in [2.24, 2.45) is 0 Å². The summed E-state index contributed by atoms with van der Waals surface area (Å²) in [4.78, 5) is 21.1. The number of anilines is 1. The van der Waals surface area contributed by atoms with Crippen molar-refractivity contribution in [3.8, 4) is 0 Å². The number of hydrogen-bond donors (Lipinski definition) is 0. The third kappa shape index (κ3) is 3.01. The first-order chi connectivity index (χ1) is 8.93. The predicted octanol–water partition coefficient (Wildman–Crippen LogP) is -0.114. The van der Waals surface area contributed by atoms with Crippen LogP contribution in [-0.4, -0.2) is 56.1 Å². The maximum atomic E-state index is 11.4. The number of ether oxygens (including phenoxy) is 1. The van der Waals surface area contributed by atoms with Crippen molar-refractivity contribution in [3.63, 3.8) is 0 Å². The number of esters is 1. The average Bonchev–Trinajstić information content (AvgIpc) is 2.77. The van der Waals surface area contributed by atoms with Crippen molar-refractivity contribution in [1.82, 2.24) is 9.97 Å². The van der Waals surface area contributed by atoms with Crippen molar-refractivity contribution < 1.29 is 17.9 Å². The van der Waals surface area contributed by atoms with E-state index in [0.29, 0.717) is 12.2 Å². The summed E-state index contributed by atoms with van der Waals surface area (Å²) in [5.74, 6) is 0.319. The average molecular weight is 285 g/mol. The van der Waals surface area contributed by atoms with E-state index in [1.807, 2.05) is 0 Å². The summed E-state index contributed by atoms with van der Waals surface area (Å²) in [7, 11) is 0.104. The van der Waals surface area contributed by atoms with Gasteiger partial charge in [-0.05, 0) is 6.42 Å². The summed E-state index contributed by atoms with van der Waals surface area (Å²) < 4.78 is 27.4. The van der Waals surface area contributed by atoms with Crippen LogP contribution in [0.2, 0.25) is 0 Å². The first kappa shape index (κ1) is 13.7. The van der Waals surface area contributed by atoms with Crippen LogP contribution in [0, 0.1) is 0 Å². The van der Waals surface area contributed by atoms with E-state index in [1.54, 1.807) is 11.9 Å². The molecule has 0 radical (unpaired) electrons. The van der Waals surface area contributed by atoms with Gasteiger partial charge in [-0.15, -0.1) is 0 Å². The number of sulfone groups is 1. The summed E-state index contributed by atoms with van der Waals surface area (Å²) in [5, 5.41) is 0. The van der Waals surface area contributed by atoms with Crippen LogP contribution in [0.5, 0.6) is 0 Å². The molecule has 1 saturated heterocycles. The topological polar surface area (TPSA) is 89.5 Å². The highest BCUT2D eigenvalue weighted by Gasteiger charge is 2.31. The van der Waals surface area contributed by atoms with Crippen LogP contribution in [0.15, 0.2) is 12.4 Å². The zero-order valence-corrected chi connectivity index (χ0v) is 11.6. The Balaban J connectivity index is 2.12. The van der Waals surface area contributed by atoms with E-state index >= 15 is 0 Å². The van der Waals surface area contributed by atoms with Crippen molar-refractivity contribution in [1.29, 1.82) is 0 Å². The molecule has 8 heteroatoms. The molecule has 1 aromatic rings. The molecule has 0 aliphatic carbocycles. The zero-order valence-electron chi connectivity index (χ0n) is 10.7. The third-order valence-electron chi connectivity index (χ3n) is 3.15. The quantitative estimate of drug-likeness (QED) is 0.715. The molecule has 19 heavy (non-hydrogen) atoms. The molecule has 1 unspecified atom stereocenters. The first-order valence-electron chi connectivity index (χ1n) is 5.76. The molecule has 0 N–H and O–H groups in total. The van der Waals surface area contributed by atoms with Gasteiger partial charge in [0, 0.05) is 13.1 Å². The number of hydrogen-bond acceptors (Lipinski definition) is 7. The van der Waals surface area contributed by atoms with Crippen LogP contribution in [0.3, 0.4) is 0 Å². The van der Waals surface area contributed by atoms with Crippen molar-refractivity contribution >= 4 is 21.6 Å². The Morgan fingerprint density at radius 1 is 1.42 bits per heavy atom. The molecule has 1 aliphatic rings. The lowest BCUT2D eigenvalue weighted by Crippen LogP contribution is -2.33. The second-order valence-electron chi connectivity index (χ2n) is 4.42. The van der Waals surface area contributed by atoms with E-state index in [0.717, 1.165) is 0 Å². The van der Waals surface area contributed by atoms with Gasteiger partial charge in [0.05, 0.1) is 31.0 Å². The zero-order chi connectivity index (χ0) is 14.0. The Hall–Kier alpha value is -1.70. The smallest absolute Gasteiger partial charge is 0.358 e. The Kier molecular flexibility index (Phi) is 3.70. The minimum Gasteiger partial charge on any atom is -0.464 e. The van der Waals surface area contributed by atoms with E-state index in [2.05, 4.69) is 14.7 Å². The van der Waals surface area contributed by atoms with E-state index in [4.69, 9.17) is 0 Å². The number of methoxy groups -OCH3 is 1. The number of carbonyl (C=O) groups excluding carboxylic acids is 1. The minimum absolute atomic E-state index is 0.0942. The van der Waals surface area contributed by atoms with Crippen LogP contribution in [0.1, 0.15) is 16.9 Å². The molecular weight excluding hydrogens is 270 g/mol. The summed E-state index contributed by atoms with van der Waals surface area (Å²) in [5.41, 5.74) is 0.124. The van der Waals surface area contributed by atoms with Gasteiger partial charge < -0.3 is 9.64 Å². The number of nitrogens with zero attached hydrogens (tertiary/aromatic N) is 3. The van der Waals surface area contributed by atoms with Crippen LogP contribution in [-0.2, 0) is 14.6 Å². The predicted molar refractivity (Wildman–Crippen MR) is 68.8 cm³/mol. The van der Waals surface area contributed by atoms with Gasteiger partial charge in [0.25, 0.3) is 0 Å². The Morgan fingerprint density at radius 2 is 2.16 bits per heavy atom. The van der Waals surface area contributed by atoms with Crippen molar-refractivity contribution in [2.45, 2.75) is 12.5 Å². The van der Waals surface area contributed by atoms with E-state index in [-0.39, 0.29) is 23.2 Å². The van der Waals surface area contributed by atoms with Crippen molar-refractivity contribution in [2.75, 3.05) is 30.6 Å². The lowest BCUT2D eigenvalue weighted by molar-refractivity contribution is 0.0593. The van der Waals surface area contributed by atoms with E-state index < -0.39 is 15.8 Å². The fourth-order valence-corrected chi connectivity index (χ4v) is 3.76. The van der Waals surface area contributed by atoms with E-state index in [9.17, 15) is 13.2 Å². The van der Waals surface area contributed by atoms with Gasteiger partial charge in [-0.25, -0.2) is 23.2 Å². The Labute approximate surface area is 111 Å². The molecule has 2 rings (SSSR count). The van der Waals surface area contributed by atoms with Gasteiger partial charge in [-0.3, -0.25) is 0 Å². The van der Waals surface area contributed by atoms with Gasteiger partial charge in [-0.1, -0.05) is 0 Å². The Morgan fingerprint density at radius 3 is 2.63 bits per heavy atom. The number of rotatable bonds is 3. The first-order valence-corrected chi connectivity index (χ1v) is 7.59. The fourth-order valence-electron chi connectivity index (χ4n) is 1.98. The second kappa shape index (κ2) is 5.12. The molecule has 0 saturated carbocycles. The van der Waals surface area contributed by atoms with Crippen LogP contribution < -0.4 is 4.90 Å². The lowest BCUT2D eigenvalue weighted by atomic mass is 10.2. The van der Waals surface area contributed by atoms with Gasteiger partial charge in [0.1, 0.15) is 5.82 Å².